The van der Waals surface area contributed by atoms with Crippen LogP contribution in [0.1, 0.15) is 34.3 Å². The molecule has 2 amide bonds. The number of aromatic nitrogens is 1. The number of halogens is 3. The van der Waals surface area contributed by atoms with Crippen molar-refractivity contribution in [2.24, 2.45) is 33.6 Å². The summed E-state index contributed by atoms with van der Waals surface area (Å²) in [5, 5.41) is 2.41. The van der Waals surface area contributed by atoms with E-state index in [0.717, 1.165) is 42.6 Å². The molecule has 3 N–H and O–H groups in total. The number of anilines is 1. The summed E-state index contributed by atoms with van der Waals surface area (Å²) in [4.78, 5) is 39.8. The Bertz CT molecular complexity index is 1550. The van der Waals surface area contributed by atoms with Crippen LogP contribution in [0.2, 0.25) is 0 Å². The lowest BCUT2D eigenvalue weighted by Crippen LogP contribution is -2.53. The summed E-state index contributed by atoms with van der Waals surface area (Å²) in [6.07, 6.45) is 4.69. The number of carbonyl (C=O) groups excluding carboxylic acids is 2. The first-order valence-electron chi connectivity index (χ1n) is 13.2. The number of alkyl halides is 3. The Morgan fingerprint density at radius 1 is 1.12 bits per heavy atom. The minimum absolute atomic E-state index is 0.0374. The van der Waals surface area contributed by atoms with Crippen molar-refractivity contribution in [3.8, 4) is 0 Å². The molecule has 1 aliphatic carbocycles. The highest BCUT2D eigenvalue weighted by Crippen LogP contribution is 2.48. The van der Waals surface area contributed by atoms with Crippen molar-refractivity contribution < 1.29 is 27.4 Å². The van der Waals surface area contributed by atoms with Crippen molar-refractivity contribution in [3.05, 3.63) is 95.7 Å². The highest BCUT2D eigenvalue weighted by molar-refractivity contribution is 6.05. The van der Waals surface area contributed by atoms with E-state index < -0.39 is 17.6 Å². The van der Waals surface area contributed by atoms with Gasteiger partial charge in [-0.05, 0) is 67.2 Å². The topological polar surface area (TPSA) is 113 Å². The van der Waals surface area contributed by atoms with Gasteiger partial charge in [0.25, 0.3) is 11.7 Å². The van der Waals surface area contributed by atoms with Crippen LogP contribution in [0.25, 0.3) is 0 Å². The smallest absolute Gasteiger partial charge is 0.339 e. The van der Waals surface area contributed by atoms with Crippen molar-refractivity contribution in [2.75, 3.05) is 18.4 Å². The zero-order valence-corrected chi connectivity index (χ0v) is 21.9. The highest BCUT2D eigenvalue weighted by Gasteiger charge is 2.50. The molecule has 6 rings (SSSR count). The number of benzene rings is 1. The highest BCUT2D eigenvalue weighted by atomic mass is 19.4. The first-order chi connectivity index (χ1) is 19.6. The van der Waals surface area contributed by atoms with Crippen LogP contribution in [0.4, 0.5) is 19.0 Å². The number of fused-ring (bicyclic) bond motifs is 2. The molecule has 3 aliphatic heterocycles. The predicted octanol–water partition coefficient (Wildman–Crippen LogP) is 4.24. The molecule has 3 unspecified atom stereocenters. The lowest BCUT2D eigenvalue weighted by atomic mass is 10.00. The first-order valence-corrected chi connectivity index (χ1v) is 13.2. The van der Waals surface area contributed by atoms with E-state index in [-0.39, 0.29) is 27.8 Å². The van der Waals surface area contributed by atoms with Crippen molar-refractivity contribution in [3.63, 3.8) is 0 Å². The van der Waals surface area contributed by atoms with E-state index in [1.54, 1.807) is 42.9 Å². The van der Waals surface area contributed by atoms with Crippen LogP contribution in [0.5, 0.6) is 0 Å². The van der Waals surface area contributed by atoms with E-state index in [1.165, 1.54) is 6.08 Å². The monoisotopic (exact) mass is 562 g/mol. The van der Waals surface area contributed by atoms with Crippen LogP contribution >= 0.6 is 0 Å². The number of amidine groups is 1. The minimum Gasteiger partial charge on any atom is -0.339 e. The average Bonchev–Trinajstić information content (AvgIpc) is 3.62. The number of quaternary nitrogens is 1. The number of aliphatic imine (C=N–C) groups is 2. The molecule has 3 atom stereocenters. The zero-order valence-electron chi connectivity index (χ0n) is 21.9. The minimum atomic E-state index is -4.55. The molecule has 2 fully saturated rings. The van der Waals surface area contributed by atoms with Crippen LogP contribution < -0.4 is 11.2 Å². The molecule has 4 heterocycles. The lowest BCUT2D eigenvalue weighted by Gasteiger charge is -2.26. The number of nitrogens with two attached hydrogens (primary N) is 1. The van der Waals surface area contributed by atoms with E-state index in [0.29, 0.717) is 36.3 Å². The molecule has 1 aromatic heterocycles. The van der Waals surface area contributed by atoms with Crippen LogP contribution in [0, 0.1) is 17.8 Å². The third-order valence-corrected chi connectivity index (χ3v) is 8.18. The maximum Gasteiger partial charge on any atom is 0.416 e. The maximum atomic E-state index is 13.0. The summed E-state index contributed by atoms with van der Waals surface area (Å²) in [6, 6.07) is 8.18. The van der Waals surface area contributed by atoms with E-state index in [9.17, 15) is 22.8 Å². The van der Waals surface area contributed by atoms with Gasteiger partial charge in [-0.3, -0.25) is 14.6 Å². The summed E-state index contributed by atoms with van der Waals surface area (Å²) in [5.41, 5.74) is 1.68. The Labute approximate surface area is 233 Å². The number of likely N-dealkylation sites (tertiary alicyclic amines) is 1. The van der Waals surface area contributed by atoms with Gasteiger partial charge >= 0.3 is 6.18 Å². The number of pyridine rings is 1. The van der Waals surface area contributed by atoms with Gasteiger partial charge in [-0.1, -0.05) is 6.58 Å². The number of carbonyl (C=O) groups is 2. The Morgan fingerprint density at radius 2 is 1.83 bits per heavy atom. The normalized spacial score (nSPS) is 26.6. The predicted molar refractivity (Wildman–Crippen MR) is 146 cm³/mol. The van der Waals surface area contributed by atoms with Crippen molar-refractivity contribution >= 4 is 29.7 Å². The van der Waals surface area contributed by atoms with Gasteiger partial charge in [0.05, 0.1) is 23.5 Å². The van der Waals surface area contributed by atoms with Gasteiger partial charge in [0.2, 0.25) is 11.6 Å². The number of amides is 2. The molecule has 0 bridgehead atoms. The fourth-order valence-electron chi connectivity index (χ4n) is 6.17. The molecule has 4 aliphatic rings. The molecule has 2 aromatic rings. The van der Waals surface area contributed by atoms with Crippen molar-refractivity contribution in [2.45, 2.75) is 19.0 Å². The second kappa shape index (κ2) is 9.89. The number of hydrogen-bond donors (Lipinski definition) is 2. The standard InChI is InChI=1S/C29H26F3N7O2/c1-2-25(40)38-15-20-11-19(12-21(20)16-38)26-23-14-34-9-10-39(23,33)27(37-26)17-3-5-18(6-4-17)28(41)36-24-13-22(7-8-35-24)29(30,31)32/h2-10,13-14,19-21H,1,11-12,15-16,33H2/p+1. The second-order valence-electron chi connectivity index (χ2n) is 10.7. The number of hydrogen-bond acceptors (Lipinski definition) is 6. The van der Waals surface area contributed by atoms with Crippen molar-refractivity contribution in [1.82, 2.24) is 9.88 Å². The fraction of sp³-hybridized carbons (Fsp3) is 0.276. The van der Waals surface area contributed by atoms with Gasteiger partial charge in [0.1, 0.15) is 17.7 Å². The summed E-state index contributed by atoms with van der Waals surface area (Å²) in [5.74, 6) is 7.55. The van der Waals surface area contributed by atoms with Crippen molar-refractivity contribution in [1.29, 1.82) is 0 Å². The summed E-state index contributed by atoms with van der Waals surface area (Å²) in [7, 11) is 0. The van der Waals surface area contributed by atoms with Gasteiger partial charge in [-0.2, -0.15) is 24.0 Å². The molecule has 0 radical (unpaired) electrons. The first kappa shape index (κ1) is 26.8. The number of allylic oxidation sites excluding steroid dienone is 2. The van der Waals surface area contributed by atoms with E-state index in [2.05, 4.69) is 21.9 Å². The molecule has 0 spiro atoms. The quantitative estimate of drug-likeness (QED) is 0.322. The summed E-state index contributed by atoms with van der Waals surface area (Å²) < 4.78 is 38.9. The molecule has 12 heteroatoms. The second-order valence-corrected chi connectivity index (χ2v) is 10.7. The van der Waals surface area contributed by atoms with Crippen LogP contribution in [-0.4, -0.2) is 51.4 Å². The fourth-order valence-corrected chi connectivity index (χ4v) is 6.17. The molecule has 210 valence electrons. The molecular formula is C29H27F3N7O2+. The van der Waals surface area contributed by atoms with E-state index in [1.807, 2.05) is 4.90 Å². The zero-order chi connectivity index (χ0) is 28.9. The molecule has 9 nitrogen and oxygen atoms in total. The lowest BCUT2D eigenvalue weighted by molar-refractivity contribution is -0.750. The van der Waals surface area contributed by atoms with E-state index >= 15 is 0 Å². The van der Waals surface area contributed by atoms with Crippen LogP contribution in [-0.2, 0) is 11.0 Å². The SMILES string of the molecule is C=CC(=O)N1CC2CC(C3=C4C=NC=C[N+]4(N)C(c4ccc(C(=O)Nc5cc(C(F)(F)F)ccn5)cc4)=N3)CC2C1. The van der Waals surface area contributed by atoms with Crippen LogP contribution in [0.15, 0.2) is 89.0 Å². The largest absolute Gasteiger partial charge is 0.416 e. The third kappa shape index (κ3) is 4.78. The third-order valence-electron chi connectivity index (χ3n) is 8.18. The Balaban J connectivity index is 1.21. The summed E-state index contributed by atoms with van der Waals surface area (Å²) >= 11 is 0. The molecule has 1 aromatic carbocycles. The number of nitrogens with one attached hydrogen (secondary N) is 1. The Hall–Kier alpha value is -4.42. The summed E-state index contributed by atoms with van der Waals surface area (Å²) in [6.45, 7) is 5.02. The molecule has 1 saturated heterocycles. The maximum absolute atomic E-state index is 13.0. The average molecular weight is 563 g/mol. The molecule has 1 saturated carbocycles. The van der Waals surface area contributed by atoms with Gasteiger partial charge < -0.3 is 10.2 Å². The van der Waals surface area contributed by atoms with Crippen LogP contribution in [0.3, 0.4) is 0 Å². The Morgan fingerprint density at radius 3 is 2.49 bits per heavy atom. The van der Waals surface area contributed by atoms with Gasteiger partial charge in [-0.15, -0.1) is 4.59 Å². The Kier molecular flexibility index (Phi) is 6.46. The molecule has 41 heavy (non-hydrogen) atoms. The van der Waals surface area contributed by atoms with Gasteiger partial charge in [0.15, 0.2) is 0 Å². The number of rotatable bonds is 5. The van der Waals surface area contributed by atoms with Gasteiger partial charge in [0, 0.05) is 30.8 Å². The number of nitrogens with zero attached hydrogens (tertiary/aromatic N) is 5. The van der Waals surface area contributed by atoms with Gasteiger partial charge in [-0.25, -0.2) is 4.98 Å². The van der Waals surface area contributed by atoms with E-state index in [4.69, 9.17) is 10.8 Å². The molecular weight excluding hydrogens is 535 g/mol.